The number of fused-ring (bicyclic) bond motifs is 2. The molecule has 0 fully saturated rings. The van der Waals surface area contributed by atoms with Crippen molar-refractivity contribution in [2.45, 2.75) is 19.0 Å². The van der Waals surface area contributed by atoms with Crippen molar-refractivity contribution < 1.29 is 9.15 Å². The Bertz CT molecular complexity index is 761. The van der Waals surface area contributed by atoms with Gasteiger partial charge in [0.05, 0.1) is 30.9 Å². The van der Waals surface area contributed by atoms with Gasteiger partial charge in [-0.05, 0) is 12.1 Å². The summed E-state index contributed by atoms with van der Waals surface area (Å²) in [5.41, 5.74) is 3.80. The van der Waals surface area contributed by atoms with E-state index in [1.165, 1.54) is 0 Å². The smallest absolute Gasteiger partial charge is 0.213 e. The maximum absolute atomic E-state index is 5.85. The first-order valence-corrected chi connectivity index (χ1v) is 6.52. The van der Waals surface area contributed by atoms with Crippen LogP contribution >= 0.6 is 0 Å². The largest absolute Gasteiger partial charge is 0.497 e. The summed E-state index contributed by atoms with van der Waals surface area (Å²) in [6.07, 6.45) is 2.51. The van der Waals surface area contributed by atoms with E-state index in [0.717, 1.165) is 41.2 Å². The van der Waals surface area contributed by atoms with Gasteiger partial charge in [0.25, 0.3) is 0 Å². The van der Waals surface area contributed by atoms with Gasteiger partial charge in [-0.2, -0.15) is 0 Å². The third-order valence-electron chi connectivity index (χ3n) is 3.64. The zero-order valence-electron chi connectivity index (χ0n) is 11.0. The number of oxazole rings is 1. The molecule has 0 spiro atoms. The monoisotopic (exact) mass is 270 g/mol. The number of nitrogens with one attached hydrogen (secondary N) is 2. The highest BCUT2D eigenvalue weighted by molar-refractivity contribution is 5.74. The second kappa shape index (κ2) is 4.35. The molecule has 1 aromatic carbocycles. The SMILES string of the molecule is COc1ccc2nc(C3Cc4nc[nH]c4CN3)oc2c1. The Kier molecular flexibility index (Phi) is 2.50. The first-order valence-electron chi connectivity index (χ1n) is 6.52. The van der Waals surface area contributed by atoms with Gasteiger partial charge in [0, 0.05) is 19.0 Å². The zero-order valence-corrected chi connectivity index (χ0v) is 11.0. The number of nitrogens with zero attached hydrogens (tertiary/aromatic N) is 2. The number of ether oxygens (including phenoxy) is 1. The van der Waals surface area contributed by atoms with Gasteiger partial charge in [0.15, 0.2) is 5.58 Å². The molecule has 3 heterocycles. The molecular weight excluding hydrogens is 256 g/mol. The number of rotatable bonds is 2. The first kappa shape index (κ1) is 11.5. The van der Waals surface area contributed by atoms with Crippen LogP contribution < -0.4 is 10.1 Å². The Morgan fingerprint density at radius 1 is 1.40 bits per heavy atom. The van der Waals surface area contributed by atoms with Crippen LogP contribution in [0, 0.1) is 0 Å². The summed E-state index contributed by atoms with van der Waals surface area (Å²) in [6.45, 7) is 0.752. The predicted octanol–water partition coefficient (Wildman–Crippen LogP) is 1.95. The van der Waals surface area contributed by atoms with Gasteiger partial charge in [0.2, 0.25) is 5.89 Å². The van der Waals surface area contributed by atoms with Crippen LogP contribution in [0.15, 0.2) is 28.9 Å². The summed E-state index contributed by atoms with van der Waals surface area (Å²) >= 11 is 0. The van der Waals surface area contributed by atoms with Crippen LogP contribution in [0.25, 0.3) is 11.1 Å². The summed E-state index contributed by atoms with van der Waals surface area (Å²) < 4.78 is 11.0. The van der Waals surface area contributed by atoms with Crippen molar-refractivity contribution >= 4 is 11.1 Å². The Morgan fingerprint density at radius 2 is 2.35 bits per heavy atom. The number of aromatic nitrogens is 3. The molecule has 2 N–H and O–H groups in total. The maximum atomic E-state index is 5.85. The molecule has 4 rings (SSSR count). The van der Waals surface area contributed by atoms with Crippen molar-refractivity contribution in [1.29, 1.82) is 0 Å². The van der Waals surface area contributed by atoms with Gasteiger partial charge >= 0.3 is 0 Å². The zero-order chi connectivity index (χ0) is 13.5. The van der Waals surface area contributed by atoms with E-state index >= 15 is 0 Å². The second-order valence-electron chi connectivity index (χ2n) is 4.85. The summed E-state index contributed by atoms with van der Waals surface area (Å²) in [7, 11) is 1.64. The van der Waals surface area contributed by atoms with Crippen molar-refractivity contribution in [1.82, 2.24) is 20.3 Å². The minimum Gasteiger partial charge on any atom is -0.497 e. The fourth-order valence-electron chi connectivity index (χ4n) is 2.54. The third-order valence-corrected chi connectivity index (χ3v) is 3.64. The molecule has 0 bridgehead atoms. The molecule has 1 aliphatic rings. The quantitative estimate of drug-likeness (QED) is 0.744. The number of methoxy groups -OCH3 is 1. The second-order valence-corrected chi connectivity index (χ2v) is 4.85. The van der Waals surface area contributed by atoms with Crippen LogP contribution in [0.3, 0.4) is 0 Å². The molecule has 6 nitrogen and oxygen atoms in total. The summed E-state index contributed by atoms with van der Waals surface area (Å²) in [5, 5.41) is 3.41. The van der Waals surface area contributed by atoms with E-state index in [0.29, 0.717) is 5.89 Å². The maximum Gasteiger partial charge on any atom is 0.213 e. The van der Waals surface area contributed by atoms with Crippen molar-refractivity contribution in [2.24, 2.45) is 0 Å². The molecule has 2 aromatic heterocycles. The molecule has 20 heavy (non-hydrogen) atoms. The molecule has 1 aliphatic heterocycles. The molecule has 1 unspecified atom stereocenters. The minimum absolute atomic E-state index is 0.0594. The van der Waals surface area contributed by atoms with Gasteiger partial charge in [0.1, 0.15) is 11.3 Å². The molecule has 0 aliphatic carbocycles. The van der Waals surface area contributed by atoms with Crippen molar-refractivity contribution in [2.75, 3.05) is 7.11 Å². The lowest BCUT2D eigenvalue weighted by Gasteiger charge is -2.19. The number of hydrogen-bond donors (Lipinski definition) is 2. The van der Waals surface area contributed by atoms with Crippen LogP contribution in [-0.2, 0) is 13.0 Å². The summed E-state index contributed by atoms with van der Waals surface area (Å²) in [5.74, 6) is 1.47. The van der Waals surface area contributed by atoms with Crippen LogP contribution in [0.2, 0.25) is 0 Å². The molecule has 0 amide bonds. The Hall–Kier alpha value is -2.34. The summed E-state index contributed by atoms with van der Waals surface area (Å²) in [6, 6.07) is 5.71. The van der Waals surface area contributed by atoms with E-state index in [1.54, 1.807) is 13.4 Å². The number of aromatic amines is 1. The number of H-pyrrole nitrogens is 1. The predicted molar refractivity (Wildman–Crippen MR) is 72.4 cm³/mol. The Labute approximate surface area is 115 Å². The van der Waals surface area contributed by atoms with E-state index in [1.807, 2.05) is 18.2 Å². The van der Waals surface area contributed by atoms with E-state index in [4.69, 9.17) is 9.15 Å². The van der Waals surface area contributed by atoms with E-state index in [2.05, 4.69) is 20.3 Å². The minimum atomic E-state index is 0.0594. The molecule has 3 aromatic rings. The van der Waals surface area contributed by atoms with Crippen LogP contribution in [-0.4, -0.2) is 22.1 Å². The van der Waals surface area contributed by atoms with Crippen LogP contribution in [0.5, 0.6) is 5.75 Å². The lowest BCUT2D eigenvalue weighted by molar-refractivity contribution is 0.389. The average Bonchev–Trinajstić information content (AvgIpc) is 3.11. The third kappa shape index (κ3) is 1.77. The van der Waals surface area contributed by atoms with Gasteiger partial charge in [-0.25, -0.2) is 9.97 Å². The molecule has 1 atom stereocenters. The highest BCUT2D eigenvalue weighted by Gasteiger charge is 2.25. The highest BCUT2D eigenvalue weighted by atomic mass is 16.5. The topological polar surface area (TPSA) is 76.0 Å². The van der Waals surface area contributed by atoms with Gasteiger partial charge in [-0.3, -0.25) is 5.32 Å². The van der Waals surface area contributed by atoms with E-state index in [9.17, 15) is 0 Å². The molecule has 102 valence electrons. The van der Waals surface area contributed by atoms with Crippen LogP contribution in [0.1, 0.15) is 23.3 Å². The first-order chi connectivity index (χ1) is 9.83. The average molecular weight is 270 g/mol. The van der Waals surface area contributed by atoms with Crippen molar-refractivity contribution in [3.8, 4) is 5.75 Å². The molecule has 0 saturated carbocycles. The van der Waals surface area contributed by atoms with E-state index < -0.39 is 0 Å². The lowest BCUT2D eigenvalue weighted by Crippen LogP contribution is -2.28. The number of benzene rings is 1. The molecule has 6 heteroatoms. The Morgan fingerprint density at radius 3 is 3.25 bits per heavy atom. The van der Waals surface area contributed by atoms with Crippen LogP contribution in [0.4, 0.5) is 0 Å². The molecular formula is C14H14N4O2. The fraction of sp³-hybridized carbons (Fsp3) is 0.286. The van der Waals surface area contributed by atoms with Crippen molar-refractivity contribution in [3.05, 3.63) is 41.8 Å². The number of hydrogen-bond acceptors (Lipinski definition) is 5. The summed E-state index contributed by atoms with van der Waals surface area (Å²) in [4.78, 5) is 12.0. The highest BCUT2D eigenvalue weighted by Crippen LogP contribution is 2.28. The van der Waals surface area contributed by atoms with Gasteiger partial charge in [-0.15, -0.1) is 0 Å². The van der Waals surface area contributed by atoms with Gasteiger partial charge in [-0.1, -0.05) is 0 Å². The normalized spacial score (nSPS) is 18.1. The lowest BCUT2D eigenvalue weighted by atomic mass is 10.1. The standard InChI is InChI=1S/C14H14N4O2/c1-19-8-2-3-9-13(4-8)20-14(18-9)11-5-10-12(6-15-11)17-7-16-10/h2-4,7,11,15H,5-6H2,1H3,(H,16,17). The molecule has 0 radical (unpaired) electrons. The van der Waals surface area contributed by atoms with Crippen molar-refractivity contribution in [3.63, 3.8) is 0 Å². The fourth-order valence-corrected chi connectivity index (χ4v) is 2.54. The number of imidazole rings is 1. The van der Waals surface area contributed by atoms with Gasteiger partial charge < -0.3 is 14.1 Å². The van der Waals surface area contributed by atoms with E-state index in [-0.39, 0.29) is 6.04 Å². The molecule has 0 saturated heterocycles. The Balaban J connectivity index is 1.69.